The van der Waals surface area contributed by atoms with Gasteiger partial charge in [0.15, 0.2) is 0 Å². The average molecular weight is 232 g/mol. The maximum Gasteiger partial charge on any atom is 0.419 e. The van der Waals surface area contributed by atoms with Gasteiger partial charge in [-0.05, 0) is 17.7 Å². The van der Waals surface area contributed by atoms with E-state index in [0.29, 0.717) is 12.1 Å². The molecular formula is C10H8F4N2. The maximum absolute atomic E-state index is 12.9. The summed E-state index contributed by atoms with van der Waals surface area (Å²) in [6.45, 7) is 0. The standard InChI is InChI=1S/C10H8F4N2/c1-2-9(16-15)6-3-4-8(11)7(5-6)10(12,13)14/h1,3-5,9,16H,15H2. The van der Waals surface area contributed by atoms with Gasteiger partial charge in [0.25, 0.3) is 0 Å². The van der Waals surface area contributed by atoms with Gasteiger partial charge in [0.1, 0.15) is 11.9 Å². The summed E-state index contributed by atoms with van der Waals surface area (Å²) in [6, 6.07) is 1.61. The highest BCUT2D eigenvalue weighted by Crippen LogP contribution is 2.32. The Morgan fingerprint density at radius 3 is 2.44 bits per heavy atom. The van der Waals surface area contributed by atoms with E-state index in [1.54, 1.807) is 0 Å². The number of nitrogens with one attached hydrogen (secondary N) is 1. The molecule has 1 atom stereocenters. The monoisotopic (exact) mass is 232 g/mol. The molecule has 0 saturated carbocycles. The van der Waals surface area contributed by atoms with E-state index in [0.717, 1.165) is 6.07 Å². The van der Waals surface area contributed by atoms with Crippen molar-refractivity contribution in [1.82, 2.24) is 5.43 Å². The molecule has 0 aliphatic heterocycles. The van der Waals surface area contributed by atoms with Crippen LogP contribution in [0.2, 0.25) is 0 Å². The molecule has 2 nitrogen and oxygen atoms in total. The lowest BCUT2D eigenvalue weighted by Crippen LogP contribution is -2.27. The molecule has 1 aromatic carbocycles. The third-order valence-electron chi connectivity index (χ3n) is 1.96. The van der Waals surface area contributed by atoms with E-state index in [-0.39, 0.29) is 5.56 Å². The van der Waals surface area contributed by atoms with E-state index >= 15 is 0 Å². The fourth-order valence-corrected chi connectivity index (χ4v) is 1.18. The van der Waals surface area contributed by atoms with Crippen LogP contribution in [-0.4, -0.2) is 0 Å². The highest BCUT2D eigenvalue weighted by molar-refractivity contribution is 5.32. The van der Waals surface area contributed by atoms with E-state index in [2.05, 4.69) is 11.3 Å². The van der Waals surface area contributed by atoms with Crippen LogP contribution in [-0.2, 0) is 6.18 Å². The molecule has 0 spiro atoms. The molecule has 0 saturated heterocycles. The van der Waals surface area contributed by atoms with Crippen molar-refractivity contribution in [3.63, 3.8) is 0 Å². The number of hydrogen-bond donors (Lipinski definition) is 2. The SMILES string of the molecule is C#CC(NN)c1ccc(F)c(C(F)(F)F)c1. The van der Waals surface area contributed by atoms with Crippen LogP contribution in [0.4, 0.5) is 17.6 Å². The van der Waals surface area contributed by atoms with Crippen molar-refractivity contribution < 1.29 is 17.6 Å². The first kappa shape index (κ1) is 12.5. The molecule has 0 aliphatic rings. The van der Waals surface area contributed by atoms with Gasteiger partial charge in [-0.15, -0.1) is 6.42 Å². The summed E-state index contributed by atoms with van der Waals surface area (Å²) >= 11 is 0. The number of terminal acetylenes is 1. The molecule has 3 N–H and O–H groups in total. The lowest BCUT2D eigenvalue weighted by atomic mass is 10.0. The Balaban J connectivity index is 3.23. The van der Waals surface area contributed by atoms with Gasteiger partial charge in [-0.2, -0.15) is 13.2 Å². The minimum absolute atomic E-state index is 0.0822. The summed E-state index contributed by atoms with van der Waals surface area (Å²) in [5.74, 6) is 5.84. The average Bonchev–Trinajstić information content (AvgIpc) is 2.20. The molecule has 0 fully saturated rings. The Morgan fingerprint density at radius 2 is 2.00 bits per heavy atom. The molecule has 0 bridgehead atoms. The van der Waals surface area contributed by atoms with Gasteiger partial charge in [-0.3, -0.25) is 5.84 Å². The second kappa shape index (κ2) is 4.51. The van der Waals surface area contributed by atoms with Crippen molar-refractivity contribution >= 4 is 0 Å². The van der Waals surface area contributed by atoms with Gasteiger partial charge in [-0.25, -0.2) is 9.82 Å². The zero-order valence-corrected chi connectivity index (χ0v) is 7.98. The second-order valence-corrected chi connectivity index (χ2v) is 3.00. The normalized spacial score (nSPS) is 13.2. The van der Waals surface area contributed by atoms with Crippen LogP contribution in [0.15, 0.2) is 18.2 Å². The lowest BCUT2D eigenvalue weighted by Gasteiger charge is -2.13. The van der Waals surface area contributed by atoms with E-state index in [1.165, 1.54) is 0 Å². The Labute approximate surface area is 89.4 Å². The van der Waals surface area contributed by atoms with Gasteiger partial charge in [0.2, 0.25) is 0 Å². The maximum atomic E-state index is 12.9. The first-order valence-corrected chi connectivity index (χ1v) is 4.19. The van der Waals surface area contributed by atoms with Gasteiger partial charge < -0.3 is 0 Å². The molecule has 86 valence electrons. The Kier molecular flexibility index (Phi) is 3.52. The molecular weight excluding hydrogens is 224 g/mol. The molecule has 6 heteroatoms. The molecule has 0 aliphatic carbocycles. The summed E-state index contributed by atoms with van der Waals surface area (Å²) in [7, 11) is 0. The van der Waals surface area contributed by atoms with Crippen molar-refractivity contribution in [2.75, 3.05) is 0 Å². The molecule has 1 rings (SSSR count). The quantitative estimate of drug-likeness (QED) is 0.354. The van der Waals surface area contributed by atoms with Crippen LogP contribution in [0.25, 0.3) is 0 Å². The zero-order valence-electron chi connectivity index (χ0n) is 7.98. The van der Waals surface area contributed by atoms with Crippen molar-refractivity contribution in [3.05, 3.63) is 35.1 Å². The zero-order chi connectivity index (χ0) is 12.3. The Hall–Kier alpha value is -1.58. The van der Waals surface area contributed by atoms with Crippen LogP contribution >= 0.6 is 0 Å². The van der Waals surface area contributed by atoms with Gasteiger partial charge >= 0.3 is 6.18 Å². The first-order chi connectivity index (χ1) is 7.40. The molecule has 1 aromatic rings. The van der Waals surface area contributed by atoms with Gasteiger partial charge in [0, 0.05) is 0 Å². The molecule has 0 amide bonds. The van der Waals surface area contributed by atoms with E-state index in [1.807, 2.05) is 0 Å². The van der Waals surface area contributed by atoms with Crippen molar-refractivity contribution in [2.45, 2.75) is 12.2 Å². The summed E-state index contributed by atoms with van der Waals surface area (Å²) in [6.07, 6.45) is 0.289. The first-order valence-electron chi connectivity index (χ1n) is 4.19. The largest absolute Gasteiger partial charge is 0.419 e. The molecule has 1 unspecified atom stereocenters. The topological polar surface area (TPSA) is 38.0 Å². The number of rotatable bonds is 2. The van der Waals surface area contributed by atoms with Crippen molar-refractivity contribution in [1.29, 1.82) is 0 Å². The number of alkyl halides is 3. The van der Waals surface area contributed by atoms with E-state index in [4.69, 9.17) is 12.3 Å². The number of hydrazine groups is 1. The third kappa shape index (κ3) is 2.51. The number of benzene rings is 1. The van der Waals surface area contributed by atoms with E-state index in [9.17, 15) is 17.6 Å². The van der Waals surface area contributed by atoms with Crippen LogP contribution in [0.3, 0.4) is 0 Å². The molecule has 16 heavy (non-hydrogen) atoms. The summed E-state index contributed by atoms with van der Waals surface area (Å²) in [5.41, 5.74) is 0.862. The number of halogens is 4. The molecule has 0 heterocycles. The Morgan fingerprint density at radius 1 is 1.38 bits per heavy atom. The molecule has 0 radical (unpaired) electrons. The van der Waals surface area contributed by atoms with Gasteiger partial charge in [0.05, 0.1) is 5.56 Å². The van der Waals surface area contributed by atoms with Crippen LogP contribution in [0.1, 0.15) is 17.2 Å². The summed E-state index contributed by atoms with van der Waals surface area (Å²) in [4.78, 5) is 0. The predicted octanol–water partition coefficient (Wildman–Crippen LogP) is 1.98. The predicted molar refractivity (Wildman–Crippen MR) is 50.3 cm³/mol. The van der Waals surface area contributed by atoms with Gasteiger partial charge in [-0.1, -0.05) is 12.0 Å². The highest BCUT2D eigenvalue weighted by atomic mass is 19.4. The fraction of sp³-hybridized carbons (Fsp3) is 0.200. The minimum Gasteiger partial charge on any atom is -0.270 e. The van der Waals surface area contributed by atoms with E-state index < -0.39 is 23.6 Å². The second-order valence-electron chi connectivity index (χ2n) is 3.00. The summed E-state index contributed by atoms with van der Waals surface area (Å²) in [5, 5.41) is 0. The number of hydrogen-bond acceptors (Lipinski definition) is 2. The smallest absolute Gasteiger partial charge is 0.270 e. The third-order valence-corrected chi connectivity index (χ3v) is 1.96. The molecule has 0 aromatic heterocycles. The number of nitrogens with two attached hydrogens (primary N) is 1. The Bertz CT molecular complexity index is 420. The van der Waals surface area contributed by atoms with Crippen molar-refractivity contribution in [2.24, 2.45) is 5.84 Å². The minimum atomic E-state index is -4.76. The van der Waals surface area contributed by atoms with Crippen LogP contribution in [0, 0.1) is 18.2 Å². The highest BCUT2D eigenvalue weighted by Gasteiger charge is 2.34. The lowest BCUT2D eigenvalue weighted by molar-refractivity contribution is -0.140. The fourth-order valence-electron chi connectivity index (χ4n) is 1.18. The summed E-state index contributed by atoms with van der Waals surface area (Å²) < 4.78 is 50.0. The van der Waals surface area contributed by atoms with Crippen LogP contribution in [0.5, 0.6) is 0 Å². The van der Waals surface area contributed by atoms with Crippen LogP contribution < -0.4 is 11.3 Å². The van der Waals surface area contributed by atoms with Crippen molar-refractivity contribution in [3.8, 4) is 12.3 Å².